The van der Waals surface area contributed by atoms with Gasteiger partial charge in [0.1, 0.15) is 0 Å². The van der Waals surface area contributed by atoms with Gasteiger partial charge in [-0.1, -0.05) is 47.5 Å². The van der Waals surface area contributed by atoms with E-state index in [1.54, 1.807) is 0 Å². The van der Waals surface area contributed by atoms with E-state index < -0.39 is 0 Å². The second-order valence-corrected chi connectivity index (χ2v) is 6.69. The van der Waals surface area contributed by atoms with Gasteiger partial charge >= 0.3 is 0 Å². The topological polar surface area (TPSA) is 41.6 Å². The van der Waals surface area contributed by atoms with Gasteiger partial charge in [0, 0.05) is 19.8 Å². The molecule has 1 aliphatic rings. The van der Waals surface area contributed by atoms with Gasteiger partial charge in [0.05, 0.1) is 12.2 Å². The fourth-order valence-corrected chi connectivity index (χ4v) is 2.78. The maximum atomic E-state index is 12.6. The lowest BCUT2D eigenvalue weighted by Gasteiger charge is -2.23. The first-order valence-electron chi connectivity index (χ1n) is 8.65. The van der Waals surface area contributed by atoms with E-state index in [0.29, 0.717) is 11.8 Å². The van der Waals surface area contributed by atoms with Crippen molar-refractivity contribution in [3.63, 3.8) is 0 Å². The summed E-state index contributed by atoms with van der Waals surface area (Å²) in [6.45, 7) is 13.2. The van der Waals surface area contributed by atoms with E-state index in [-0.39, 0.29) is 18.1 Å². The summed E-state index contributed by atoms with van der Waals surface area (Å²) in [5.74, 6) is 1.26. The molecule has 4 heteroatoms. The quantitative estimate of drug-likeness (QED) is 0.630. The zero-order chi connectivity index (χ0) is 15.8. The summed E-state index contributed by atoms with van der Waals surface area (Å²) in [5, 5.41) is 3.54. The van der Waals surface area contributed by atoms with E-state index in [2.05, 4.69) is 39.9 Å². The molecule has 124 valence electrons. The Morgan fingerprint density at radius 1 is 1.29 bits per heavy atom. The third kappa shape index (κ3) is 5.59. The number of hydrogen-bond donors (Lipinski definition) is 1. The Morgan fingerprint density at radius 2 is 2.00 bits per heavy atom. The molecule has 0 radical (unpaired) electrons. The first-order valence-corrected chi connectivity index (χ1v) is 8.65. The lowest BCUT2D eigenvalue weighted by molar-refractivity contribution is -0.131. The normalized spacial score (nSPS) is 24.1. The smallest absolute Gasteiger partial charge is 0.241 e. The summed E-state index contributed by atoms with van der Waals surface area (Å²) in [6.07, 6.45) is 4.30. The van der Waals surface area contributed by atoms with E-state index in [1.807, 2.05) is 4.90 Å². The zero-order valence-electron chi connectivity index (χ0n) is 14.5. The minimum Gasteiger partial charge on any atom is -0.381 e. The zero-order valence-corrected chi connectivity index (χ0v) is 14.5. The fourth-order valence-electron chi connectivity index (χ4n) is 2.78. The predicted molar refractivity (Wildman–Crippen MR) is 87.1 cm³/mol. The SMILES string of the molecule is CCCC1NC(C(C)CC)C(=O)N1CCCOCC(C)C. The van der Waals surface area contributed by atoms with Crippen LogP contribution in [0.4, 0.5) is 0 Å². The Kier molecular flexibility index (Phi) is 8.27. The molecule has 0 bridgehead atoms. The third-order valence-corrected chi connectivity index (χ3v) is 4.21. The van der Waals surface area contributed by atoms with Gasteiger partial charge in [-0.3, -0.25) is 10.1 Å². The van der Waals surface area contributed by atoms with E-state index in [1.165, 1.54) is 0 Å². The average Bonchev–Trinajstić information content (AvgIpc) is 2.75. The van der Waals surface area contributed by atoms with Gasteiger partial charge in [-0.15, -0.1) is 0 Å². The number of hydrogen-bond acceptors (Lipinski definition) is 3. The second kappa shape index (κ2) is 9.42. The summed E-state index contributed by atoms with van der Waals surface area (Å²) in [6, 6.07) is 0.00290. The summed E-state index contributed by atoms with van der Waals surface area (Å²) in [4.78, 5) is 14.6. The summed E-state index contributed by atoms with van der Waals surface area (Å²) in [7, 11) is 0. The Hall–Kier alpha value is -0.610. The van der Waals surface area contributed by atoms with Crippen LogP contribution in [0, 0.1) is 11.8 Å². The minimum atomic E-state index is 0.00290. The monoisotopic (exact) mass is 298 g/mol. The van der Waals surface area contributed by atoms with Crippen LogP contribution in [0.5, 0.6) is 0 Å². The molecule has 1 amide bonds. The van der Waals surface area contributed by atoms with Crippen LogP contribution < -0.4 is 5.32 Å². The van der Waals surface area contributed by atoms with E-state index in [4.69, 9.17) is 4.74 Å². The Bertz CT molecular complexity index is 307. The number of nitrogens with one attached hydrogen (secondary N) is 1. The van der Waals surface area contributed by atoms with Crippen LogP contribution in [-0.4, -0.2) is 42.8 Å². The average molecular weight is 298 g/mol. The third-order valence-electron chi connectivity index (χ3n) is 4.21. The van der Waals surface area contributed by atoms with Crippen molar-refractivity contribution in [3.05, 3.63) is 0 Å². The van der Waals surface area contributed by atoms with Crippen molar-refractivity contribution in [2.24, 2.45) is 11.8 Å². The lowest BCUT2D eigenvalue weighted by atomic mass is 9.99. The Balaban J connectivity index is 2.46. The second-order valence-electron chi connectivity index (χ2n) is 6.69. The van der Waals surface area contributed by atoms with Gasteiger partial charge < -0.3 is 9.64 Å². The molecule has 21 heavy (non-hydrogen) atoms. The molecule has 3 atom stereocenters. The van der Waals surface area contributed by atoms with Gasteiger partial charge in [0.25, 0.3) is 0 Å². The number of carbonyl (C=O) groups is 1. The molecule has 0 aliphatic carbocycles. The Labute approximate surface area is 130 Å². The van der Waals surface area contributed by atoms with Gasteiger partial charge in [0.2, 0.25) is 5.91 Å². The predicted octanol–water partition coefficient (Wildman–Crippen LogP) is 3.02. The molecule has 1 aliphatic heterocycles. The molecular formula is C17H34N2O2. The standard InChI is InChI=1S/C17H34N2O2/c1-6-9-15-18-16(14(5)7-2)17(20)19(15)10-8-11-21-12-13(3)4/h13-16,18H,6-12H2,1-5H3. The van der Waals surface area contributed by atoms with Crippen LogP contribution in [-0.2, 0) is 9.53 Å². The van der Waals surface area contributed by atoms with Gasteiger partial charge in [-0.25, -0.2) is 0 Å². The molecule has 4 nitrogen and oxygen atoms in total. The number of carbonyl (C=O) groups excluding carboxylic acids is 1. The van der Waals surface area contributed by atoms with Crippen LogP contribution in [0.2, 0.25) is 0 Å². The highest BCUT2D eigenvalue weighted by Crippen LogP contribution is 2.22. The van der Waals surface area contributed by atoms with Crippen molar-refractivity contribution in [1.29, 1.82) is 0 Å². The maximum Gasteiger partial charge on any atom is 0.241 e. The number of ether oxygens (including phenoxy) is 1. The highest BCUT2D eigenvalue weighted by atomic mass is 16.5. The Morgan fingerprint density at radius 3 is 2.57 bits per heavy atom. The van der Waals surface area contributed by atoms with Crippen molar-refractivity contribution in [1.82, 2.24) is 10.2 Å². The van der Waals surface area contributed by atoms with Crippen molar-refractivity contribution in [2.45, 2.75) is 72.5 Å². The lowest BCUT2D eigenvalue weighted by Crippen LogP contribution is -2.38. The number of rotatable bonds is 10. The molecule has 0 aromatic rings. The highest BCUT2D eigenvalue weighted by molar-refractivity contribution is 5.84. The van der Waals surface area contributed by atoms with Crippen LogP contribution in [0.1, 0.15) is 60.3 Å². The van der Waals surface area contributed by atoms with Crippen molar-refractivity contribution in [3.8, 4) is 0 Å². The van der Waals surface area contributed by atoms with Gasteiger partial charge in [-0.2, -0.15) is 0 Å². The van der Waals surface area contributed by atoms with Crippen LogP contribution in [0.15, 0.2) is 0 Å². The molecule has 1 fully saturated rings. The van der Waals surface area contributed by atoms with Crippen LogP contribution in [0.3, 0.4) is 0 Å². The van der Waals surface area contributed by atoms with E-state index in [0.717, 1.165) is 45.4 Å². The first-order chi connectivity index (χ1) is 10.0. The molecular weight excluding hydrogens is 264 g/mol. The van der Waals surface area contributed by atoms with Crippen molar-refractivity contribution < 1.29 is 9.53 Å². The van der Waals surface area contributed by atoms with Crippen molar-refractivity contribution >= 4 is 5.91 Å². The van der Waals surface area contributed by atoms with Gasteiger partial charge in [-0.05, 0) is 24.7 Å². The minimum absolute atomic E-state index is 0.00290. The molecule has 0 aromatic heterocycles. The van der Waals surface area contributed by atoms with Gasteiger partial charge in [0.15, 0.2) is 0 Å². The first kappa shape index (κ1) is 18.4. The molecule has 3 unspecified atom stereocenters. The maximum absolute atomic E-state index is 12.6. The highest BCUT2D eigenvalue weighted by Gasteiger charge is 2.39. The molecule has 1 N–H and O–H groups in total. The molecule has 0 saturated carbocycles. The molecule has 1 rings (SSSR count). The van der Waals surface area contributed by atoms with Crippen LogP contribution >= 0.6 is 0 Å². The number of nitrogens with zero attached hydrogens (tertiary/aromatic N) is 1. The largest absolute Gasteiger partial charge is 0.381 e. The summed E-state index contributed by atoms with van der Waals surface area (Å²) in [5.41, 5.74) is 0. The molecule has 1 saturated heterocycles. The van der Waals surface area contributed by atoms with Crippen LogP contribution in [0.25, 0.3) is 0 Å². The van der Waals surface area contributed by atoms with E-state index in [9.17, 15) is 4.79 Å². The van der Waals surface area contributed by atoms with Crippen molar-refractivity contribution in [2.75, 3.05) is 19.8 Å². The molecule has 0 spiro atoms. The molecule has 0 aromatic carbocycles. The summed E-state index contributed by atoms with van der Waals surface area (Å²) < 4.78 is 5.62. The number of amides is 1. The fraction of sp³-hybridized carbons (Fsp3) is 0.941. The van der Waals surface area contributed by atoms with E-state index >= 15 is 0 Å². The summed E-state index contributed by atoms with van der Waals surface area (Å²) >= 11 is 0. The molecule has 1 heterocycles.